The van der Waals surface area contributed by atoms with Gasteiger partial charge >= 0.3 is 0 Å². The molecular formula is C22H21NO7. The second kappa shape index (κ2) is 7.75. The van der Waals surface area contributed by atoms with Crippen LogP contribution < -0.4 is 5.56 Å². The van der Waals surface area contributed by atoms with Crippen molar-refractivity contribution in [3.05, 3.63) is 70.0 Å². The molecule has 8 nitrogen and oxygen atoms in total. The molecule has 8 heteroatoms. The van der Waals surface area contributed by atoms with E-state index in [1.807, 2.05) is 0 Å². The molecule has 3 aromatic rings. The number of carbonyl (C=O) groups is 1. The summed E-state index contributed by atoms with van der Waals surface area (Å²) in [5, 5.41) is 49.9. The molecule has 30 heavy (non-hydrogen) atoms. The average Bonchev–Trinajstić information content (AvgIpc) is 3.07. The topological polar surface area (TPSA) is 140 Å². The van der Waals surface area contributed by atoms with Gasteiger partial charge in [-0.3, -0.25) is 9.59 Å². The normalized spacial score (nSPS) is 16.8. The summed E-state index contributed by atoms with van der Waals surface area (Å²) in [6, 6.07) is 13.5. The summed E-state index contributed by atoms with van der Waals surface area (Å²) in [5.41, 5.74) is 1.19. The summed E-state index contributed by atoms with van der Waals surface area (Å²) in [4.78, 5) is 26.3. The summed E-state index contributed by atoms with van der Waals surface area (Å²) in [5.74, 6) is -0.240. The van der Waals surface area contributed by atoms with Crippen LogP contribution in [0.2, 0.25) is 0 Å². The Bertz CT molecular complexity index is 1190. The van der Waals surface area contributed by atoms with Gasteiger partial charge in [0.05, 0.1) is 24.4 Å². The lowest BCUT2D eigenvalue weighted by atomic mass is 10.0. The van der Waals surface area contributed by atoms with Crippen LogP contribution in [0.1, 0.15) is 15.9 Å². The highest BCUT2D eigenvalue weighted by molar-refractivity contribution is 6.26. The molecule has 1 heterocycles. The van der Waals surface area contributed by atoms with Crippen molar-refractivity contribution in [2.75, 3.05) is 6.61 Å². The summed E-state index contributed by atoms with van der Waals surface area (Å²) in [7, 11) is 0. The maximum Gasteiger partial charge on any atom is 0.259 e. The van der Waals surface area contributed by atoms with E-state index in [0.717, 1.165) is 0 Å². The van der Waals surface area contributed by atoms with E-state index in [0.29, 0.717) is 27.8 Å². The van der Waals surface area contributed by atoms with Crippen molar-refractivity contribution in [1.82, 2.24) is 4.57 Å². The van der Waals surface area contributed by atoms with E-state index in [-0.39, 0.29) is 11.2 Å². The Balaban J connectivity index is 1.89. The first-order valence-electron chi connectivity index (χ1n) is 9.49. The number of pyridine rings is 1. The SMILES string of the molecule is O=C1c2ccccc2-c2c1c1ccccc1c(=O)n2C[C@H](O)[C@@H](O)[C@H](O)[C@H](O)CO. The molecule has 0 bridgehead atoms. The van der Waals surface area contributed by atoms with E-state index in [9.17, 15) is 30.0 Å². The average molecular weight is 411 g/mol. The van der Waals surface area contributed by atoms with Gasteiger partial charge in [-0.2, -0.15) is 0 Å². The van der Waals surface area contributed by atoms with Crippen LogP contribution in [0, 0.1) is 0 Å². The lowest BCUT2D eigenvalue weighted by Gasteiger charge is -2.27. The van der Waals surface area contributed by atoms with Crippen LogP contribution in [-0.4, -0.2) is 66.9 Å². The van der Waals surface area contributed by atoms with Crippen LogP contribution in [0.5, 0.6) is 0 Å². The third-order valence-electron chi connectivity index (χ3n) is 5.53. The van der Waals surface area contributed by atoms with Crippen LogP contribution in [0.15, 0.2) is 53.3 Å². The molecule has 1 aromatic heterocycles. The molecular weight excluding hydrogens is 390 g/mol. The molecule has 1 aliphatic rings. The lowest BCUT2D eigenvalue weighted by molar-refractivity contribution is -0.117. The predicted octanol–water partition coefficient (Wildman–Crippen LogP) is -0.351. The standard InChI is InChI=1S/C22H21NO7/c24-10-16(26)21(29)20(28)15(25)9-23-18-12-6-2-3-7-13(12)19(27)17(18)11-5-1-4-8-14(11)22(23)30/h1-8,15-16,20-21,24-26,28-29H,9-10H2/t15-,16+,20+,21+/m0/s1. The van der Waals surface area contributed by atoms with E-state index in [4.69, 9.17) is 5.11 Å². The molecule has 156 valence electrons. The zero-order valence-electron chi connectivity index (χ0n) is 15.8. The van der Waals surface area contributed by atoms with Gasteiger partial charge in [-0.25, -0.2) is 0 Å². The smallest absolute Gasteiger partial charge is 0.259 e. The first-order chi connectivity index (χ1) is 14.4. The molecule has 0 saturated heterocycles. The third-order valence-corrected chi connectivity index (χ3v) is 5.53. The number of ketones is 1. The highest BCUT2D eigenvalue weighted by Crippen LogP contribution is 2.39. The monoisotopic (exact) mass is 411 g/mol. The van der Waals surface area contributed by atoms with Crippen LogP contribution in [0.25, 0.3) is 22.0 Å². The minimum absolute atomic E-state index is 0.240. The summed E-state index contributed by atoms with van der Waals surface area (Å²) in [6.07, 6.45) is -6.94. The Morgan fingerprint density at radius 3 is 2.00 bits per heavy atom. The molecule has 0 saturated carbocycles. The van der Waals surface area contributed by atoms with Gasteiger partial charge in [0.1, 0.15) is 24.4 Å². The number of aliphatic hydroxyl groups excluding tert-OH is 5. The number of benzene rings is 2. The number of carbonyl (C=O) groups excluding carboxylic acids is 1. The van der Waals surface area contributed by atoms with Gasteiger partial charge in [0.2, 0.25) is 0 Å². The molecule has 0 radical (unpaired) electrons. The van der Waals surface area contributed by atoms with Crippen LogP contribution in [0.3, 0.4) is 0 Å². The van der Waals surface area contributed by atoms with Crippen LogP contribution in [0.4, 0.5) is 0 Å². The highest BCUT2D eigenvalue weighted by Gasteiger charge is 2.35. The highest BCUT2D eigenvalue weighted by atomic mass is 16.4. The Labute approximate surface area is 170 Å². The third kappa shape index (κ3) is 3.06. The van der Waals surface area contributed by atoms with E-state index in [1.54, 1.807) is 48.5 Å². The first-order valence-corrected chi connectivity index (χ1v) is 9.49. The van der Waals surface area contributed by atoms with Crippen molar-refractivity contribution in [1.29, 1.82) is 0 Å². The number of nitrogens with zero attached hydrogens (tertiary/aromatic N) is 1. The zero-order valence-corrected chi connectivity index (χ0v) is 15.8. The molecule has 0 aliphatic heterocycles. The second-order valence-corrected chi connectivity index (χ2v) is 7.36. The van der Waals surface area contributed by atoms with Crippen molar-refractivity contribution >= 4 is 16.6 Å². The number of rotatable bonds is 6. The van der Waals surface area contributed by atoms with Crippen molar-refractivity contribution in [3.63, 3.8) is 0 Å². The fraction of sp³-hybridized carbons (Fsp3) is 0.273. The Kier molecular flexibility index (Phi) is 5.27. The van der Waals surface area contributed by atoms with Gasteiger partial charge in [0.25, 0.3) is 5.56 Å². The number of aliphatic hydroxyl groups is 5. The predicted molar refractivity (Wildman–Crippen MR) is 108 cm³/mol. The molecule has 0 unspecified atom stereocenters. The molecule has 5 N–H and O–H groups in total. The molecule has 1 aliphatic carbocycles. The van der Waals surface area contributed by atoms with Gasteiger partial charge in [0.15, 0.2) is 5.78 Å². The van der Waals surface area contributed by atoms with Gasteiger partial charge in [0, 0.05) is 21.9 Å². The Morgan fingerprint density at radius 2 is 1.33 bits per heavy atom. The van der Waals surface area contributed by atoms with Gasteiger partial charge in [-0.1, -0.05) is 42.5 Å². The summed E-state index contributed by atoms with van der Waals surface area (Å²) in [6.45, 7) is -1.23. The fourth-order valence-electron chi connectivity index (χ4n) is 3.96. The quantitative estimate of drug-likeness (QED) is 0.292. The minimum atomic E-state index is -1.83. The van der Waals surface area contributed by atoms with Gasteiger partial charge in [-0.05, 0) is 6.07 Å². The van der Waals surface area contributed by atoms with Crippen LogP contribution in [-0.2, 0) is 6.54 Å². The van der Waals surface area contributed by atoms with Crippen molar-refractivity contribution in [2.24, 2.45) is 0 Å². The minimum Gasteiger partial charge on any atom is -0.394 e. The summed E-state index contributed by atoms with van der Waals surface area (Å²) < 4.78 is 1.22. The van der Waals surface area contributed by atoms with Crippen molar-refractivity contribution in [3.8, 4) is 11.3 Å². The Morgan fingerprint density at radius 1 is 0.767 bits per heavy atom. The van der Waals surface area contributed by atoms with Crippen molar-refractivity contribution < 1.29 is 30.3 Å². The number of hydrogen-bond donors (Lipinski definition) is 5. The van der Waals surface area contributed by atoms with Gasteiger partial charge in [-0.15, -0.1) is 0 Å². The molecule has 4 rings (SSSR count). The molecule has 2 aromatic carbocycles. The second-order valence-electron chi connectivity index (χ2n) is 7.36. The molecule has 0 fully saturated rings. The van der Waals surface area contributed by atoms with E-state index in [1.165, 1.54) is 4.57 Å². The molecule has 4 atom stereocenters. The number of aromatic nitrogens is 1. The van der Waals surface area contributed by atoms with Crippen LogP contribution >= 0.6 is 0 Å². The molecule has 0 spiro atoms. The van der Waals surface area contributed by atoms with E-state index in [2.05, 4.69) is 0 Å². The maximum atomic E-state index is 13.2. The molecule has 0 amide bonds. The first kappa shape index (κ1) is 20.4. The number of fused-ring (bicyclic) bond motifs is 5. The Hall–Kier alpha value is -2.88. The number of hydrogen-bond acceptors (Lipinski definition) is 7. The summed E-state index contributed by atoms with van der Waals surface area (Å²) >= 11 is 0. The fourth-order valence-corrected chi connectivity index (χ4v) is 3.96. The maximum absolute atomic E-state index is 13.2. The van der Waals surface area contributed by atoms with E-state index < -0.39 is 43.1 Å². The lowest BCUT2D eigenvalue weighted by Crippen LogP contribution is -2.48. The largest absolute Gasteiger partial charge is 0.394 e. The van der Waals surface area contributed by atoms with Gasteiger partial charge < -0.3 is 30.1 Å². The van der Waals surface area contributed by atoms with Crippen molar-refractivity contribution in [2.45, 2.75) is 31.0 Å². The zero-order chi connectivity index (χ0) is 21.6. The van der Waals surface area contributed by atoms with E-state index >= 15 is 0 Å².